The van der Waals surface area contributed by atoms with Gasteiger partial charge < -0.3 is 14.8 Å². The number of hydrogen-bond acceptors (Lipinski definition) is 3. The van der Waals surface area contributed by atoms with Crippen molar-refractivity contribution in [2.24, 2.45) is 0 Å². The van der Waals surface area contributed by atoms with Crippen molar-refractivity contribution in [1.82, 2.24) is 5.32 Å². The van der Waals surface area contributed by atoms with E-state index in [0.29, 0.717) is 13.2 Å². The molecule has 22 heavy (non-hydrogen) atoms. The average molecular weight is 299 g/mol. The summed E-state index contributed by atoms with van der Waals surface area (Å²) in [4.78, 5) is 0. The maximum absolute atomic E-state index is 5.60. The molecule has 118 valence electrons. The van der Waals surface area contributed by atoms with E-state index in [1.807, 2.05) is 19.1 Å². The van der Waals surface area contributed by atoms with E-state index in [-0.39, 0.29) is 0 Å². The zero-order valence-electron chi connectivity index (χ0n) is 13.5. The van der Waals surface area contributed by atoms with Gasteiger partial charge in [0.1, 0.15) is 12.4 Å². The van der Waals surface area contributed by atoms with E-state index in [1.165, 1.54) is 16.7 Å². The van der Waals surface area contributed by atoms with E-state index in [9.17, 15) is 0 Å². The summed E-state index contributed by atoms with van der Waals surface area (Å²) in [6.45, 7) is 7.79. The molecule has 0 aromatic heterocycles. The van der Waals surface area contributed by atoms with Crippen LogP contribution in [0.3, 0.4) is 0 Å². The summed E-state index contributed by atoms with van der Waals surface area (Å²) < 4.78 is 10.8. The van der Waals surface area contributed by atoms with Crippen LogP contribution in [0, 0.1) is 6.92 Å². The van der Waals surface area contributed by atoms with Gasteiger partial charge in [0.2, 0.25) is 0 Å². The molecule has 3 heteroatoms. The normalized spacial score (nSPS) is 10.6. The summed E-state index contributed by atoms with van der Waals surface area (Å²) in [6.07, 6.45) is 0. The summed E-state index contributed by atoms with van der Waals surface area (Å²) in [5, 5.41) is 3.46. The second-order valence-corrected chi connectivity index (χ2v) is 5.28. The lowest BCUT2D eigenvalue weighted by atomic mass is 10.1. The molecule has 0 saturated carbocycles. The number of rotatable bonds is 9. The van der Waals surface area contributed by atoms with Crippen LogP contribution in [0.5, 0.6) is 5.75 Å². The highest BCUT2D eigenvalue weighted by Gasteiger charge is 1.97. The van der Waals surface area contributed by atoms with Gasteiger partial charge in [-0.2, -0.15) is 0 Å². The van der Waals surface area contributed by atoms with Gasteiger partial charge in [0.25, 0.3) is 0 Å². The summed E-state index contributed by atoms with van der Waals surface area (Å²) in [7, 11) is 0. The maximum Gasteiger partial charge on any atom is 0.119 e. The molecule has 1 N–H and O–H groups in total. The fraction of sp³-hybridized carbons (Fsp3) is 0.368. The second kappa shape index (κ2) is 9.23. The number of nitrogens with one attached hydrogen (secondary N) is 1. The molecule has 0 spiro atoms. The summed E-state index contributed by atoms with van der Waals surface area (Å²) in [6, 6.07) is 16.8. The van der Waals surface area contributed by atoms with Crippen LogP contribution in [-0.4, -0.2) is 19.8 Å². The van der Waals surface area contributed by atoms with Crippen LogP contribution < -0.4 is 10.1 Å². The van der Waals surface area contributed by atoms with Crippen molar-refractivity contribution >= 4 is 0 Å². The van der Waals surface area contributed by atoms with E-state index in [0.717, 1.165) is 25.4 Å². The number of aryl methyl sites for hydroxylation is 1. The van der Waals surface area contributed by atoms with Crippen LogP contribution in [-0.2, 0) is 17.8 Å². The quantitative estimate of drug-likeness (QED) is 0.716. The van der Waals surface area contributed by atoms with Gasteiger partial charge in [0.15, 0.2) is 0 Å². The molecule has 0 bridgehead atoms. The Kier molecular flexibility index (Phi) is 6.94. The van der Waals surface area contributed by atoms with Crippen LogP contribution >= 0.6 is 0 Å². The highest BCUT2D eigenvalue weighted by molar-refractivity contribution is 5.27. The predicted molar refractivity (Wildman–Crippen MR) is 90.2 cm³/mol. The molecule has 0 atom stereocenters. The van der Waals surface area contributed by atoms with Gasteiger partial charge in [-0.3, -0.25) is 0 Å². The summed E-state index contributed by atoms with van der Waals surface area (Å²) in [5.74, 6) is 0.891. The van der Waals surface area contributed by atoms with Gasteiger partial charge in [-0.1, -0.05) is 42.0 Å². The number of hydrogen-bond donors (Lipinski definition) is 1. The third-order valence-corrected chi connectivity index (χ3v) is 3.40. The molecule has 0 aliphatic heterocycles. The molecular formula is C19H25NO2. The lowest BCUT2D eigenvalue weighted by Gasteiger charge is -2.08. The van der Waals surface area contributed by atoms with E-state index in [1.54, 1.807) is 0 Å². The molecule has 0 radical (unpaired) electrons. The standard InChI is InChI=1S/C19H25NO2/c1-3-21-12-13-22-19-10-8-18(9-11-19)15-20-14-17-6-4-16(2)5-7-17/h4-11,20H,3,12-15H2,1-2H3. The fourth-order valence-corrected chi connectivity index (χ4v) is 2.12. The minimum absolute atomic E-state index is 0.596. The van der Waals surface area contributed by atoms with Crippen LogP contribution in [0.2, 0.25) is 0 Å². The molecule has 2 aromatic carbocycles. The van der Waals surface area contributed by atoms with Crippen molar-refractivity contribution in [3.8, 4) is 5.75 Å². The SMILES string of the molecule is CCOCCOc1ccc(CNCc2ccc(C)cc2)cc1. The Morgan fingerprint density at radius 2 is 1.41 bits per heavy atom. The minimum atomic E-state index is 0.596. The van der Waals surface area contributed by atoms with Gasteiger partial charge in [0, 0.05) is 19.7 Å². The Hall–Kier alpha value is -1.84. The van der Waals surface area contributed by atoms with E-state index in [2.05, 4.69) is 48.6 Å². The Bertz CT molecular complexity index is 534. The minimum Gasteiger partial charge on any atom is -0.491 e. The first-order chi connectivity index (χ1) is 10.8. The van der Waals surface area contributed by atoms with Crippen molar-refractivity contribution in [3.63, 3.8) is 0 Å². The molecule has 0 unspecified atom stereocenters. The highest BCUT2D eigenvalue weighted by Crippen LogP contribution is 2.12. The molecule has 3 nitrogen and oxygen atoms in total. The highest BCUT2D eigenvalue weighted by atomic mass is 16.5. The smallest absolute Gasteiger partial charge is 0.119 e. The van der Waals surface area contributed by atoms with Crippen LogP contribution in [0.1, 0.15) is 23.6 Å². The van der Waals surface area contributed by atoms with Gasteiger partial charge >= 0.3 is 0 Å². The summed E-state index contributed by atoms with van der Waals surface area (Å²) >= 11 is 0. The zero-order valence-corrected chi connectivity index (χ0v) is 13.5. The predicted octanol–water partition coefficient (Wildman–Crippen LogP) is 3.70. The van der Waals surface area contributed by atoms with Gasteiger partial charge in [-0.25, -0.2) is 0 Å². The van der Waals surface area contributed by atoms with Gasteiger partial charge in [-0.15, -0.1) is 0 Å². The van der Waals surface area contributed by atoms with Crippen molar-refractivity contribution in [2.75, 3.05) is 19.8 Å². The van der Waals surface area contributed by atoms with Crippen LogP contribution in [0.25, 0.3) is 0 Å². The molecule has 0 amide bonds. The largest absolute Gasteiger partial charge is 0.491 e. The monoisotopic (exact) mass is 299 g/mol. The zero-order chi connectivity index (χ0) is 15.6. The number of ether oxygens (including phenoxy) is 2. The number of benzene rings is 2. The Morgan fingerprint density at radius 3 is 2.00 bits per heavy atom. The van der Waals surface area contributed by atoms with Crippen LogP contribution in [0.4, 0.5) is 0 Å². The lowest BCUT2D eigenvalue weighted by molar-refractivity contribution is 0.110. The second-order valence-electron chi connectivity index (χ2n) is 5.28. The first-order valence-electron chi connectivity index (χ1n) is 7.83. The Morgan fingerprint density at radius 1 is 0.818 bits per heavy atom. The van der Waals surface area contributed by atoms with E-state index >= 15 is 0 Å². The molecule has 2 rings (SSSR count). The Labute approximate surface area is 133 Å². The van der Waals surface area contributed by atoms with E-state index in [4.69, 9.17) is 9.47 Å². The molecule has 0 aliphatic rings. The van der Waals surface area contributed by atoms with Crippen molar-refractivity contribution < 1.29 is 9.47 Å². The average Bonchev–Trinajstić information content (AvgIpc) is 2.55. The molecule has 2 aromatic rings. The van der Waals surface area contributed by atoms with Crippen molar-refractivity contribution in [3.05, 3.63) is 65.2 Å². The third kappa shape index (κ3) is 5.88. The topological polar surface area (TPSA) is 30.5 Å². The molecule has 0 heterocycles. The maximum atomic E-state index is 5.60. The molecule has 0 aliphatic carbocycles. The summed E-state index contributed by atoms with van der Waals surface area (Å²) in [5.41, 5.74) is 3.86. The molecular weight excluding hydrogens is 274 g/mol. The van der Waals surface area contributed by atoms with Crippen LogP contribution in [0.15, 0.2) is 48.5 Å². The van der Waals surface area contributed by atoms with Crippen molar-refractivity contribution in [2.45, 2.75) is 26.9 Å². The third-order valence-electron chi connectivity index (χ3n) is 3.40. The van der Waals surface area contributed by atoms with Gasteiger partial charge in [-0.05, 0) is 37.1 Å². The lowest BCUT2D eigenvalue weighted by Crippen LogP contribution is -2.12. The molecule has 0 saturated heterocycles. The Balaban J connectivity index is 1.70. The van der Waals surface area contributed by atoms with E-state index < -0.39 is 0 Å². The first-order valence-corrected chi connectivity index (χ1v) is 7.83. The van der Waals surface area contributed by atoms with Gasteiger partial charge in [0.05, 0.1) is 6.61 Å². The van der Waals surface area contributed by atoms with Crippen molar-refractivity contribution in [1.29, 1.82) is 0 Å². The fourth-order valence-electron chi connectivity index (χ4n) is 2.12. The first kappa shape index (κ1) is 16.5. The molecule has 0 fully saturated rings.